The van der Waals surface area contributed by atoms with E-state index < -0.39 is 12.2 Å². The Labute approximate surface area is 232 Å². The van der Waals surface area contributed by atoms with Crippen molar-refractivity contribution in [3.63, 3.8) is 0 Å². The summed E-state index contributed by atoms with van der Waals surface area (Å²) in [6.45, 7) is 5.36. The smallest absolute Gasteiger partial charge is 0.225 e. The highest BCUT2D eigenvalue weighted by Gasteiger charge is 2.24. The van der Waals surface area contributed by atoms with E-state index in [1.165, 1.54) is 6.33 Å². The molecule has 1 aliphatic rings. The third-order valence-electron chi connectivity index (χ3n) is 6.76. The second-order valence-corrected chi connectivity index (χ2v) is 10.0. The summed E-state index contributed by atoms with van der Waals surface area (Å²) in [7, 11) is 0. The molecule has 1 aliphatic heterocycles. The van der Waals surface area contributed by atoms with Gasteiger partial charge in [0.2, 0.25) is 5.91 Å². The number of nitrogens with one attached hydrogen (secondary N) is 1. The highest BCUT2D eigenvalue weighted by Crippen LogP contribution is 2.31. The van der Waals surface area contributed by atoms with Crippen molar-refractivity contribution in [1.82, 2.24) is 19.9 Å². The molecule has 1 saturated heterocycles. The van der Waals surface area contributed by atoms with Crippen LogP contribution < -0.4 is 14.8 Å². The lowest BCUT2D eigenvalue weighted by atomic mass is 10.1. The molecule has 2 unspecified atom stereocenters. The normalized spacial score (nSPS) is 14.3. The second-order valence-electron chi connectivity index (χ2n) is 10.0. The van der Waals surface area contributed by atoms with Gasteiger partial charge >= 0.3 is 0 Å². The number of anilines is 2. The molecule has 0 saturated carbocycles. The molecule has 0 spiro atoms. The van der Waals surface area contributed by atoms with Gasteiger partial charge in [-0.1, -0.05) is 0 Å². The Bertz CT molecular complexity index is 1480. The quantitative estimate of drug-likeness (QED) is 0.254. The molecule has 2 atom stereocenters. The van der Waals surface area contributed by atoms with Gasteiger partial charge in [-0.25, -0.2) is 9.97 Å². The number of carbonyl (C=O) groups excluding carboxylic acids is 1. The minimum Gasteiger partial charge on any atom is -0.491 e. The van der Waals surface area contributed by atoms with Gasteiger partial charge in [0.25, 0.3) is 0 Å². The third-order valence-corrected chi connectivity index (χ3v) is 6.76. The topological polar surface area (TPSA) is 130 Å². The molecular formula is C30H33N5O5. The van der Waals surface area contributed by atoms with Crippen molar-refractivity contribution in [2.24, 2.45) is 0 Å². The van der Waals surface area contributed by atoms with Crippen LogP contribution in [0.15, 0.2) is 61.1 Å². The molecule has 208 valence electrons. The summed E-state index contributed by atoms with van der Waals surface area (Å²) in [6.07, 6.45) is 2.43. The molecule has 3 N–H and O–H groups in total. The maximum absolute atomic E-state index is 12.0. The molecule has 10 heteroatoms. The molecule has 3 heterocycles. The van der Waals surface area contributed by atoms with Gasteiger partial charge in [0, 0.05) is 36.3 Å². The highest BCUT2D eigenvalue weighted by molar-refractivity contribution is 5.91. The summed E-state index contributed by atoms with van der Waals surface area (Å²) < 4.78 is 11.8. The molecule has 10 nitrogen and oxygen atoms in total. The van der Waals surface area contributed by atoms with Gasteiger partial charge in [0.1, 0.15) is 36.0 Å². The Hall–Kier alpha value is -4.28. The lowest BCUT2D eigenvalue weighted by Crippen LogP contribution is -2.43. The first kappa shape index (κ1) is 27.3. The SMILES string of the molecule is Cc1ccc(Oc2ccc(Nc3ncnc4ccc(OCC(O)CC(O)CC(=O)N5CCC5)cc34)cc2C)cn1. The van der Waals surface area contributed by atoms with Crippen LogP contribution in [0.5, 0.6) is 17.2 Å². The fourth-order valence-electron chi connectivity index (χ4n) is 4.40. The van der Waals surface area contributed by atoms with Crippen LogP contribution in [0, 0.1) is 13.8 Å². The van der Waals surface area contributed by atoms with E-state index in [0.717, 1.165) is 53.1 Å². The van der Waals surface area contributed by atoms with Crippen LogP contribution >= 0.6 is 0 Å². The average Bonchev–Trinajstić information content (AvgIpc) is 2.89. The van der Waals surface area contributed by atoms with Crippen molar-refractivity contribution in [2.75, 3.05) is 25.0 Å². The largest absolute Gasteiger partial charge is 0.491 e. The van der Waals surface area contributed by atoms with Crippen molar-refractivity contribution in [1.29, 1.82) is 0 Å². The lowest BCUT2D eigenvalue weighted by molar-refractivity contribution is -0.137. The van der Waals surface area contributed by atoms with Gasteiger partial charge in [0.15, 0.2) is 0 Å². The fourth-order valence-corrected chi connectivity index (χ4v) is 4.40. The van der Waals surface area contributed by atoms with E-state index in [9.17, 15) is 15.0 Å². The van der Waals surface area contributed by atoms with Crippen LogP contribution in [0.3, 0.4) is 0 Å². The minimum atomic E-state index is -0.918. The first-order valence-corrected chi connectivity index (χ1v) is 13.3. The number of amides is 1. The van der Waals surface area contributed by atoms with Crippen molar-refractivity contribution in [3.05, 3.63) is 72.3 Å². The molecule has 0 bridgehead atoms. The number of ether oxygens (including phenoxy) is 2. The van der Waals surface area contributed by atoms with Crippen LogP contribution in [0.1, 0.15) is 30.5 Å². The monoisotopic (exact) mass is 543 g/mol. The first-order chi connectivity index (χ1) is 19.3. The number of benzene rings is 2. The van der Waals surface area contributed by atoms with Crippen molar-refractivity contribution in [3.8, 4) is 17.2 Å². The van der Waals surface area contributed by atoms with E-state index in [0.29, 0.717) is 17.3 Å². The molecule has 2 aromatic carbocycles. The predicted octanol–water partition coefficient (Wildman–Crippen LogP) is 4.29. The second kappa shape index (κ2) is 12.3. The Kier molecular flexibility index (Phi) is 8.37. The number of carbonyl (C=O) groups is 1. The Balaban J connectivity index is 1.21. The number of hydrogen-bond acceptors (Lipinski definition) is 9. The minimum absolute atomic E-state index is 0.00907. The predicted molar refractivity (Wildman–Crippen MR) is 151 cm³/mol. The average molecular weight is 544 g/mol. The molecule has 1 amide bonds. The van der Waals surface area contributed by atoms with E-state index in [4.69, 9.17) is 9.47 Å². The number of pyridine rings is 1. The fraction of sp³-hybridized carbons (Fsp3) is 0.333. The van der Waals surface area contributed by atoms with Crippen molar-refractivity contribution >= 4 is 28.3 Å². The Morgan fingerprint density at radius 3 is 2.55 bits per heavy atom. The van der Waals surface area contributed by atoms with Crippen LogP contribution in [0.2, 0.25) is 0 Å². The first-order valence-electron chi connectivity index (χ1n) is 13.3. The maximum Gasteiger partial charge on any atom is 0.225 e. The lowest BCUT2D eigenvalue weighted by Gasteiger charge is -2.31. The van der Waals surface area contributed by atoms with E-state index in [-0.39, 0.29) is 25.4 Å². The number of nitrogens with zero attached hydrogens (tertiary/aromatic N) is 4. The standard InChI is InChI=1S/C30H33N5O5/c1-19-12-21(5-9-28(19)40-25-6-4-20(2)31-16-25)34-30-26-15-24(7-8-27(26)32-18-33-30)39-17-23(37)13-22(36)14-29(38)35-10-3-11-35/h4-9,12,15-16,18,22-23,36-37H,3,10-11,13-14,17H2,1-2H3,(H,32,33,34). The number of aliphatic hydroxyl groups is 2. The number of fused-ring (bicyclic) bond motifs is 1. The third kappa shape index (κ3) is 6.83. The molecule has 4 aromatic rings. The molecule has 0 aliphatic carbocycles. The van der Waals surface area contributed by atoms with E-state index in [1.807, 2.05) is 56.3 Å². The van der Waals surface area contributed by atoms with Gasteiger partial charge in [0.05, 0.1) is 30.3 Å². The summed E-state index contributed by atoms with van der Waals surface area (Å²) in [5.41, 5.74) is 3.43. The van der Waals surface area contributed by atoms with Crippen molar-refractivity contribution < 1.29 is 24.5 Å². The van der Waals surface area contributed by atoms with E-state index in [1.54, 1.807) is 17.2 Å². The number of rotatable bonds is 11. The molecule has 5 rings (SSSR count). The zero-order valence-corrected chi connectivity index (χ0v) is 22.6. The van der Waals surface area contributed by atoms with Gasteiger partial charge in [-0.05, 0) is 74.4 Å². The van der Waals surface area contributed by atoms with Gasteiger partial charge in [-0.15, -0.1) is 0 Å². The summed E-state index contributed by atoms with van der Waals surface area (Å²) in [4.78, 5) is 26.8. The number of aryl methyl sites for hydroxylation is 2. The van der Waals surface area contributed by atoms with Crippen LogP contribution in [0.25, 0.3) is 10.9 Å². The summed E-state index contributed by atoms with van der Waals surface area (Å²) in [6, 6.07) is 15.0. The van der Waals surface area contributed by atoms with Crippen LogP contribution in [-0.2, 0) is 4.79 Å². The number of likely N-dealkylation sites (tertiary alicyclic amines) is 1. The zero-order valence-electron chi connectivity index (χ0n) is 22.6. The van der Waals surface area contributed by atoms with E-state index >= 15 is 0 Å². The molecule has 40 heavy (non-hydrogen) atoms. The number of aromatic nitrogens is 3. The van der Waals surface area contributed by atoms with Gasteiger partial charge in [-0.3, -0.25) is 9.78 Å². The van der Waals surface area contributed by atoms with Gasteiger partial charge < -0.3 is 29.9 Å². The number of aliphatic hydroxyl groups excluding tert-OH is 2. The van der Waals surface area contributed by atoms with Crippen LogP contribution in [-0.4, -0.2) is 67.9 Å². The molecule has 1 fully saturated rings. The molecular weight excluding hydrogens is 510 g/mol. The maximum atomic E-state index is 12.0. The molecule has 0 radical (unpaired) electrons. The Morgan fingerprint density at radius 1 is 1.00 bits per heavy atom. The summed E-state index contributed by atoms with van der Waals surface area (Å²) in [5, 5.41) is 24.7. The summed E-state index contributed by atoms with van der Waals surface area (Å²) >= 11 is 0. The number of hydrogen-bond donors (Lipinski definition) is 3. The van der Waals surface area contributed by atoms with E-state index in [2.05, 4.69) is 20.3 Å². The zero-order chi connectivity index (χ0) is 28.1. The summed E-state index contributed by atoms with van der Waals surface area (Å²) in [5.74, 6) is 2.45. The van der Waals surface area contributed by atoms with Crippen molar-refractivity contribution in [2.45, 2.75) is 45.3 Å². The van der Waals surface area contributed by atoms with Crippen LogP contribution in [0.4, 0.5) is 11.5 Å². The van der Waals surface area contributed by atoms with Gasteiger partial charge in [-0.2, -0.15) is 0 Å². The Morgan fingerprint density at radius 2 is 1.82 bits per heavy atom. The molecule has 2 aromatic heterocycles. The highest BCUT2D eigenvalue weighted by atomic mass is 16.5.